The minimum Gasteiger partial charge on any atom is -0.383 e. The summed E-state index contributed by atoms with van der Waals surface area (Å²) in [5.74, 6) is -0.113. The maximum Gasteiger partial charge on any atom is 0.249 e. The highest BCUT2D eigenvalue weighted by atomic mass is 32.2. The zero-order valence-corrected chi connectivity index (χ0v) is 14.0. The first-order valence-electron chi connectivity index (χ1n) is 7.06. The van der Waals surface area contributed by atoms with E-state index in [0.29, 0.717) is 18.7 Å². The van der Waals surface area contributed by atoms with Gasteiger partial charge in [0, 0.05) is 31.7 Å². The third-order valence-corrected chi connectivity index (χ3v) is 3.71. The van der Waals surface area contributed by atoms with Crippen LogP contribution >= 0.6 is 11.8 Å². The molecule has 0 aliphatic heterocycles. The van der Waals surface area contributed by atoms with Gasteiger partial charge in [0.25, 0.3) is 0 Å². The number of rotatable bonds is 8. The molecule has 0 aromatic heterocycles. The van der Waals surface area contributed by atoms with E-state index in [4.69, 9.17) is 0 Å². The second kappa shape index (κ2) is 9.78. The molecule has 0 spiro atoms. The third kappa shape index (κ3) is 9.47. The van der Waals surface area contributed by atoms with Crippen molar-refractivity contribution in [2.75, 3.05) is 18.8 Å². The number of aliphatic hydroxyl groups is 1. The van der Waals surface area contributed by atoms with Gasteiger partial charge in [0.1, 0.15) is 6.10 Å². The predicted molar refractivity (Wildman–Crippen MR) is 83.9 cm³/mol. The summed E-state index contributed by atoms with van der Waals surface area (Å²) in [5, 5.41) is 15.0. The molecule has 0 aromatic rings. The van der Waals surface area contributed by atoms with E-state index in [-0.39, 0.29) is 24.0 Å². The van der Waals surface area contributed by atoms with Crippen LogP contribution in [0.1, 0.15) is 40.5 Å². The van der Waals surface area contributed by atoms with E-state index >= 15 is 0 Å². The number of thioether (sulfide) groups is 1. The van der Waals surface area contributed by atoms with Crippen molar-refractivity contribution in [3.8, 4) is 0 Å². The highest BCUT2D eigenvalue weighted by Gasteiger charge is 2.28. The second-order valence-corrected chi connectivity index (χ2v) is 6.89. The molecule has 0 saturated heterocycles. The van der Waals surface area contributed by atoms with Crippen molar-refractivity contribution in [1.82, 2.24) is 10.6 Å². The number of hydrogen-bond acceptors (Lipinski definition) is 5. The fourth-order valence-corrected chi connectivity index (χ4v) is 1.97. The molecule has 0 aliphatic carbocycles. The summed E-state index contributed by atoms with van der Waals surface area (Å²) in [6.45, 7) is 7.69. The van der Waals surface area contributed by atoms with Crippen molar-refractivity contribution in [3.63, 3.8) is 0 Å². The van der Waals surface area contributed by atoms with Gasteiger partial charge in [0.2, 0.25) is 11.8 Å². The molecule has 0 bridgehead atoms. The molecule has 0 aliphatic rings. The molecule has 6 nitrogen and oxygen atoms in total. The molecule has 3 N–H and O–H groups in total. The van der Waals surface area contributed by atoms with Crippen LogP contribution in [0.3, 0.4) is 0 Å². The van der Waals surface area contributed by atoms with E-state index in [2.05, 4.69) is 10.6 Å². The average molecular weight is 318 g/mol. The van der Waals surface area contributed by atoms with Crippen molar-refractivity contribution in [2.45, 2.75) is 46.6 Å². The maximum atomic E-state index is 11.6. The largest absolute Gasteiger partial charge is 0.383 e. The Morgan fingerprint density at radius 2 is 1.76 bits per heavy atom. The normalized spacial score (nSPS) is 12.6. The first-order valence-corrected chi connectivity index (χ1v) is 8.05. The Hall–Kier alpha value is -1.08. The van der Waals surface area contributed by atoms with Crippen LogP contribution in [0, 0.1) is 5.41 Å². The van der Waals surface area contributed by atoms with Gasteiger partial charge in [-0.15, -0.1) is 0 Å². The van der Waals surface area contributed by atoms with Crippen LogP contribution in [-0.4, -0.2) is 47.0 Å². The summed E-state index contributed by atoms with van der Waals surface area (Å²) in [7, 11) is 0. The fourth-order valence-electron chi connectivity index (χ4n) is 1.33. The molecule has 7 heteroatoms. The average Bonchev–Trinajstić information content (AvgIpc) is 2.41. The molecule has 0 fully saturated rings. The highest BCUT2D eigenvalue weighted by Crippen LogP contribution is 2.18. The van der Waals surface area contributed by atoms with E-state index < -0.39 is 17.4 Å². The lowest BCUT2D eigenvalue weighted by Gasteiger charge is -2.24. The zero-order valence-electron chi connectivity index (χ0n) is 13.2. The Balaban J connectivity index is 3.75. The number of carbonyl (C=O) groups excluding carboxylic acids is 3. The van der Waals surface area contributed by atoms with Crippen LogP contribution < -0.4 is 10.6 Å². The molecule has 21 heavy (non-hydrogen) atoms. The molecule has 122 valence electrons. The minimum absolute atomic E-state index is 0.104. The number of hydrogen-bond donors (Lipinski definition) is 3. The lowest BCUT2D eigenvalue weighted by Crippen LogP contribution is -2.43. The van der Waals surface area contributed by atoms with Gasteiger partial charge >= 0.3 is 0 Å². The monoisotopic (exact) mass is 318 g/mol. The van der Waals surface area contributed by atoms with Crippen LogP contribution in [0.2, 0.25) is 0 Å². The van der Waals surface area contributed by atoms with Gasteiger partial charge in [-0.05, 0) is 5.41 Å². The molecule has 0 heterocycles. The number of aliphatic hydroxyl groups excluding tert-OH is 1. The van der Waals surface area contributed by atoms with Crippen LogP contribution in [0.15, 0.2) is 0 Å². The van der Waals surface area contributed by atoms with Crippen molar-refractivity contribution in [3.05, 3.63) is 0 Å². The summed E-state index contributed by atoms with van der Waals surface area (Å²) in [6, 6.07) is 0. The lowest BCUT2D eigenvalue weighted by molar-refractivity contribution is -0.134. The number of amides is 2. The van der Waals surface area contributed by atoms with E-state index in [1.165, 1.54) is 11.8 Å². The zero-order chi connectivity index (χ0) is 16.5. The quantitative estimate of drug-likeness (QED) is 0.572. The SMILES string of the molecule is CCC(=O)SCCNC(=O)CCNC(=O)[C@H](O)C(C)(C)C. The minimum atomic E-state index is -1.10. The maximum absolute atomic E-state index is 11.6. The molecule has 0 radical (unpaired) electrons. The second-order valence-electron chi connectivity index (χ2n) is 5.73. The number of nitrogens with one attached hydrogen (secondary N) is 2. The summed E-state index contributed by atoms with van der Waals surface area (Å²) in [5.41, 5.74) is -0.532. The summed E-state index contributed by atoms with van der Waals surface area (Å²) in [4.78, 5) is 34.1. The number of carbonyl (C=O) groups is 3. The van der Waals surface area contributed by atoms with Crippen molar-refractivity contribution < 1.29 is 19.5 Å². The fraction of sp³-hybridized carbons (Fsp3) is 0.786. The Bertz CT molecular complexity index is 366. The van der Waals surface area contributed by atoms with E-state index in [9.17, 15) is 19.5 Å². The summed E-state index contributed by atoms with van der Waals surface area (Å²) in [6.07, 6.45) is -0.465. The lowest BCUT2D eigenvalue weighted by atomic mass is 9.89. The summed E-state index contributed by atoms with van der Waals surface area (Å²) >= 11 is 1.20. The van der Waals surface area contributed by atoms with Gasteiger partial charge < -0.3 is 15.7 Å². The Morgan fingerprint density at radius 3 is 2.29 bits per heavy atom. The van der Waals surface area contributed by atoms with Gasteiger partial charge in [-0.2, -0.15) is 0 Å². The van der Waals surface area contributed by atoms with Gasteiger partial charge in [-0.25, -0.2) is 0 Å². The van der Waals surface area contributed by atoms with Gasteiger partial charge in [0.05, 0.1) is 0 Å². The molecule has 0 saturated carbocycles. The highest BCUT2D eigenvalue weighted by molar-refractivity contribution is 8.13. The molecule has 1 atom stereocenters. The molecule has 0 unspecified atom stereocenters. The smallest absolute Gasteiger partial charge is 0.249 e. The van der Waals surface area contributed by atoms with Crippen molar-refractivity contribution >= 4 is 28.7 Å². The molecular formula is C14H26N2O4S. The Morgan fingerprint density at radius 1 is 1.14 bits per heavy atom. The van der Waals surface area contributed by atoms with Gasteiger partial charge in [-0.3, -0.25) is 14.4 Å². The van der Waals surface area contributed by atoms with Crippen LogP contribution in [0.4, 0.5) is 0 Å². The van der Waals surface area contributed by atoms with Crippen molar-refractivity contribution in [2.24, 2.45) is 5.41 Å². The molecule has 0 aromatic carbocycles. The first-order chi connectivity index (χ1) is 9.68. The first kappa shape index (κ1) is 19.9. The van der Waals surface area contributed by atoms with Crippen LogP contribution in [0.5, 0.6) is 0 Å². The van der Waals surface area contributed by atoms with Crippen molar-refractivity contribution in [1.29, 1.82) is 0 Å². The summed E-state index contributed by atoms with van der Waals surface area (Å²) < 4.78 is 0. The van der Waals surface area contributed by atoms with Crippen LogP contribution in [0.25, 0.3) is 0 Å². The van der Waals surface area contributed by atoms with Crippen LogP contribution in [-0.2, 0) is 14.4 Å². The molecule has 2 amide bonds. The molecule has 0 rings (SSSR count). The van der Waals surface area contributed by atoms with E-state index in [1.807, 2.05) is 0 Å². The Kier molecular flexibility index (Phi) is 9.28. The van der Waals surface area contributed by atoms with E-state index in [0.717, 1.165) is 0 Å². The Labute approximate surface area is 130 Å². The topological polar surface area (TPSA) is 95.5 Å². The van der Waals surface area contributed by atoms with Gasteiger partial charge in [-0.1, -0.05) is 39.5 Å². The van der Waals surface area contributed by atoms with Gasteiger partial charge in [0.15, 0.2) is 5.12 Å². The van der Waals surface area contributed by atoms with E-state index in [1.54, 1.807) is 27.7 Å². The standard InChI is InChI=1S/C14H26N2O4S/c1-5-11(18)21-9-8-15-10(17)6-7-16-13(20)12(19)14(2,3)4/h12,19H,5-9H2,1-4H3,(H,15,17)(H,16,20)/t12-/m0/s1. The molecular weight excluding hydrogens is 292 g/mol. The predicted octanol–water partition coefficient (Wildman–Crippen LogP) is 0.686. The third-order valence-electron chi connectivity index (χ3n) is 2.70.